The van der Waals surface area contributed by atoms with Crippen molar-refractivity contribution < 1.29 is 14.3 Å². The summed E-state index contributed by atoms with van der Waals surface area (Å²) >= 11 is 0. The van der Waals surface area contributed by atoms with E-state index in [2.05, 4.69) is 5.10 Å². The highest BCUT2D eigenvalue weighted by Crippen LogP contribution is 2.34. The van der Waals surface area contributed by atoms with Crippen molar-refractivity contribution >= 4 is 11.6 Å². The van der Waals surface area contributed by atoms with E-state index >= 15 is 0 Å². The van der Waals surface area contributed by atoms with Gasteiger partial charge >= 0.3 is 0 Å². The number of phenolic OH excluding ortho intramolecular Hbond substituents is 1. The summed E-state index contributed by atoms with van der Waals surface area (Å²) in [6.45, 7) is 1.97. The van der Waals surface area contributed by atoms with Gasteiger partial charge in [0.2, 0.25) is 5.91 Å². The van der Waals surface area contributed by atoms with Crippen molar-refractivity contribution in [1.82, 2.24) is 5.01 Å². The molecule has 1 aromatic carbocycles. The maximum absolute atomic E-state index is 12.3. The van der Waals surface area contributed by atoms with Crippen LogP contribution in [0.5, 0.6) is 5.75 Å². The lowest BCUT2D eigenvalue weighted by Gasteiger charge is -2.21. The molecule has 5 nitrogen and oxygen atoms in total. The summed E-state index contributed by atoms with van der Waals surface area (Å²) in [6.07, 6.45) is 3.45. The number of nitrogens with zero attached hydrogens (tertiary/aromatic N) is 2. The lowest BCUT2D eigenvalue weighted by atomic mass is 10.0. The van der Waals surface area contributed by atoms with Crippen LogP contribution in [0.15, 0.2) is 52.2 Å². The highest BCUT2D eigenvalue weighted by Gasteiger charge is 2.33. The molecule has 0 fully saturated rings. The average molecular weight is 298 g/mol. The predicted octanol–water partition coefficient (Wildman–Crippen LogP) is 3.46. The first-order chi connectivity index (χ1) is 10.7. The Morgan fingerprint density at radius 1 is 1.36 bits per heavy atom. The zero-order valence-electron chi connectivity index (χ0n) is 12.4. The molecule has 2 aromatic rings. The predicted molar refractivity (Wildman–Crippen MR) is 82.5 cm³/mol. The molecule has 22 heavy (non-hydrogen) atoms. The summed E-state index contributed by atoms with van der Waals surface area (Å²) in [5.74, 6) is 0.901. The SMILES string of the molecule is CCCC(=O)N1N=C(c2ccco2)CC1c1ccc(O)cc1. The molecule has 0 spiro atoms. The van der Waals surface area contributed by atoms with Gasteiger partial charge in [0.25, 0.3) is 0 Å². The molecule has 1 atom stereocenters. The first-order valence-corrected chi connectivity index (χ1v) is 7.41. The highest BCUT2D eigenvalue weighted by atomic mass is 16.3. The number of benzene rings is 1. The van der Waals surface area contributed by atoms with Gasteiger partial charge in [-0.25, -0.2) is 5.01 Å². The Hall–Kier alpha value is -2.56. The zero-order chi connectivity index (χ0) is 15.5. The molecule has 114 valence electrons. The number of hydrogen-bond acceptors (Lipinski definition) is 4. The number of rotatable bonds is 4. The first kappa shape index (κ1) is 14.4. The number of furan rings is 1. The van der Waals surface area contributed by atoms with Gasteiger partial charge in [0.05, 0.1) is 12.3 Å². The summed E-state index contributed by atoms with van der Waals surface area (Å²) in [5.41, 5.74) is 1.72. The molecular formula is C17H18N2O3. The number of amides is 1. The largest absolute Gasteiger partial charge is 0.508 e. The minimum atomic E-state index is -0.153. The molecule has 0 saturated carbocycles. The molecule has 1 aliphatic rings. The topological polar surface area (TPSA) is 66.0 Å². The van der Waals surface area contributed by atoms with Crippen molar-refractivity contribution in [3.63, 3.8) is 0 Å². The smallest absolute Gasteiger partial charge is 0.243 e. The summed E-state index contributed by atoms with van der Waals surface area (Å²) in [4.78, 5) is 12.3. The van der Waals surface area contributed by atoms with Crippen molar-refractivity contribution in [2.75, 3.05) is 0 Å². The Morgan fingerprint density at radius 3 is 2.77 bits per heavy atom. The second-order valence-corrected chi connectivity index (χ2v) is 5.32. The van der Waals surface area contributed by atoms with Crippen LogP contribution in [-0.2, 0) is 4.79 Å². The number of aromatic hydroxyl groups is 1. The second kappa shape index (κ2) is 6.05. The van der Waals surface area contributed by atoms with Crippen LogP contribution >= 0.6 is 0 Å². The average Bonchev–Trinajstić information content (AvgIpc) is 3.17. The van der Waals surface area contributed by atoms with Gasteiger partial charge in [-0.2, -0.15) is 5.10 Å². The number of phenols is 1. The lowest BCUT2D eigenvalue weighted by molar-refractivity contribution is -0.133. The van der Waals surface area contributed by atoms with Gasteiger partial charge in [-0.3, -0.25) is 4.79 Å². The van der Waals surface area contributed by atoms with Gasteiger partial charge in [0.1, 0.15) is 17.2 Å². The van der Waals surface area contributed by atoms with Gasteiger partial charge in [0, 0.05) is 12.8 Å². The Morgan fingerprint density at radius 2 is 2.14 bits per heavy atom. The Balaban J connectivity index is 1.91. The lowest BCUT2D eigenvalue weighted by Crippen LogP contribution is -2.26. The van der Waals surface area contributed by atoms with Crippen molar-refractivity contribution in [2.45, 2.75) is 32.2 Å². The normalized spacial score (nSPS) is 17.6. The second-order valence-electron chi connectivity index (χ2n) is 5.32. The van der Waals surface area contributed by atoms with Gasteiger partial charge in [-0.1, -0.05) is 19.1 Å². The third kappa shape index (κ3) is 2.74. The maximum Gasteiger partial charge on any atom is 0.243 e. The minimum Gasteiger partial charge on any atom is -0.508 e. The van der Waals surface area contributed by atoms with E-state index in [0.29, 0.717) is 18.6 Å². The minimum absolute atomic E-state index is 0.00197. The number of carbonyl (C=O) groups excluding carboxylic acids is 1. The van der Waals surface area contributed by atoms with Crippen LogP contribution in [0.1, 0.15) is 43.6 Å². The Bertz CT molecular complexity index is 674. The molecule has 1 N–H and O–H groups in total. The molecule has 0 saturated heterocycles. The molecule has 1 unspecified atom stereocenters. The fourth-order valence-corrected chi connectivity index (χ4v) is 2.62. The molecule has 0 aliphatic carbocycles. The number of hydrazone groups is 1. The van der Waals surface area contributed by atoms with Gasteiger partial charge in [-0.05, 0) is 36.2 Å². The molecule has 5 heteroatoms. The van der Waals surface area contributed by atoms with Crippen LogP contribution < -0.4 is 0 Å². The van der Waals surface area contributed by atoms with Crippen molar-refractivity contribution in [3.05, 3.63) is 54.0 Å². The quantitative estimate of drug-likeness (QED) is 0.940. The van der Waals surface area contributed by atoms with E-state index in [-0.39, 0.29) is 17.7 Å². The van der Waals surface area contributed by atoms with Crippen molar-refractivity contribution in [2.24, 2.45) is 5.10 Å². The van der Waals surface area contributed by atoms with E-state index < -0.39 is 0 Å². The van der Waals surface area contributed by atoms with Gasteiger partial charge < -0.3 is 9.52 Å². The fraction of sp³-hybridized carbons (Fsp3) is 0.294. The van der Waals surface area contributed by atoms with E-state index in [9.17, 15) is 9.90 Å². The van der Waals surface area contributed by atoms with E-state index in [4.69, 9.17) is 4.42 Å². The molecule has 1 amide bonds. The third-order valence-corrected chi connectivity index (χ3v) is 3.71. The molecule has 1 aromatic heterocycles. The fourth-order valence-electron chi connectivity index (χ4n) is 2.62. The molecule has 0 bridgehead atoms. The molecule has 0 radical (unpaired) electrons. The summed E-state index contributed by atoms with van der Waals surface area (Å²) < 4.78 is 5.40. The van der Waals surface area contributed by atoms with Crippen LogP contribution in [0.2, 0.25) is 0 Å². The van der Waals surface area contributed by atoms with Gasteiger partial charge in [-0.15, -0.1) is 0 Å². The van der Waals surface area contributed by atoms with Gasteiger partial charge in [0.15, 0.2) is 0 Å². The van der Waals surface area contributed by atoms with E-state index in [1.165, 1.54) is 0 Å². The standard InChI is InChI=1S/C17H18N2O3/c1-2-4-17(21)19-15(12-6-8-13(20)9-7-12)11-14(18-19)16-5-3-10-22-16/h3,5-10,15,20H,2,4,11H2,1H3. The molecule has 3 rings (SSSR count). The monoisotopic (exact) mass is 298 g/mol. The molecular weight excluding hydrogens is 280 g/mol. The van der Waals surface area contributed by atoms with E-state index in [0.717, 1.165) is 17.7 Å². The van der Waals surface area contributed by atoms with Crippen LogP contribution in [0.25, 0.3) is 0 Å². The Kier molecular flexibility index (Phi) is 3.96. The highest BCUT2D eigenvalue weighted by molar-refractivity contribution is 6.01. The van der Waals surface area contributed by atoms with Crippen LogP contribution in [-0.4, -0.2) is 21.7 Å². The van der Waals surface area contributed by atoms with Crippen molar-refractivity contribution in [1.29, 1.82) is 0 Å². The van der Waals surface area contributed by atoms with Crippen LogP contribution in [0.3, 0.4) is 0 Å². The van der Waals surface area contributed by atoms with Crippen molar-refractivity contribution in [3.8, 4) is 5.75 Å². The number of carbonyl (C=O) groups is 1. The third-order valence-electron chi connectivity index (χ3n) is 3.71. The maximum atomic E-state index is 12.3. The van der Waals surface area contributed by atoms with E-state index in [1.807, 2.05) is 31.2 Å². The van der Waals surface area contributed by atoms with Crippen LogP contribution in [0.4, 0.5) is 0 Å². The summed E-state index contributed by atoms with van der Waals surface area (Å²) in [7, 11) is 0. The van der Waals surface area contributed by atoms with E-state index in [1.54, 1.807) is 23.4 Å². The molecule has 2 heterocycles. The first-order valence-electron chi connectivity index (χ1n) is 7.41. The zero-order valence-corrected chi connectivity index (χ0v) is 12.4. The summed E-state index contributed by atoms with van der Waals surface area (Å²) in [6, 6.07) is 10.4. The number of hydrogen-bond donors (Lipinski definition) is 1. The Labute approximate surface area is 128 Å². The summed E-state index contributed by atoms with van der Waals surface area (Å²) in [5, 5.41) is 15.5. The van der Waals surface area contributed by atoms with Crippen LogP contribution in [0, 0.1) is 0 Å². The molecule has 1 aliphatic heterocycles.